The number of aryl methyl sites for hydroxylation is 2. The minimum atomic E-state index is 0.402. The summed E-state index contributed by atoms with van der Waals surface area (Å²) >= 11 is 0. The third-order valence-electron chi connectivity index (χ3n) is 5.95. The predicted molar refractivity (Wildman–Crippen MR) is 137 cm³/mol. The Morgan fingerprint density at radius 3 is 2.14 bits per heavy atom. The van der Waals surface area contributed by atoms with Crippen molar-refractivity contribution in [2.45, 2.75) is 13.8 Å². The SMILES string of the molecule is Cc1ccccc1Oc1cccc(Oc2cccc(-c3c(C)ccc4c3oc3ccccc34)n2)n1. The number of nitrogens with zero attached hydrogens (tertiary/aromatic N) is 2. The van der Waals surface area contributed by atoms with E-state index in [1.165, 1.54) is 0 Å². The van der Waals surface area contributed by atoms with Crippen LogP contribution in [0.3, 0.4) is 0 Å². The maximum Gasteiger partial charge on any atom is 0.224 e. The first-order valence-electron chi connectivity index (χ1n) is 11.4. The van der Waals surface area contributed by atoms with E-state index in [1.807, 2.05) is 73.7 Å². The van der Waals surface area contributed by atoms with Crippen LogP contribution < -0.4 is 9.47 Å². The second-order valence-electron chi connectivity index (χ2n) is 8.38. The summed E-state index contributed by atoms with van der Waals surface area (Å²) in [6.45, 7) is 4.06. The van der Waals surface area contributed by atoms with Crippen molar-refractivity contribution >= 4 is 21.9 Å². The highest BCUT2D eigenvalue weighted by atomic mass is 16.5. The Balaban J connectivity index is 1.34. The lowest BCUT2D eigenvalue weighted by atomic mass is 10.0. The van der Waals surface area contributed by atoms with Crippen molar-refractivity contribution in [3.8, 4) is 34.6 Å². The summed E-state index contributed by atoms with van der Waals surface area (Å²) in [6, 6.07) is 31.2. The van der Waals surface area contributed by atoms with Gasteiger partial charge in [0.15, 0.2) is 0 Å². The lowest BCUT2D eigenvalue weighted by Crippen LogP contribution is -1.95. The summed E-state index contributed by atoms with van der Waals surface area (Å²) in [5.41, 5.74) is 5.52. The molecule has 0 unspecified atom stereocenters. The molecule has 0 bridgehead atoms. The zero-order valence-electron chi connectivity index (χ0n) is 19.4. The Hall–Kier alpha value is -4.64. The molecule has 0 spiro atoms. The second kappa shape index (κ2) is 8.61. The highest BCUT2D eigenvalue weighted by molar-refractivity contribution is 6.09. The van der Waals surface area contributed by atoms with E-state index in [-0.39, 0.29) is 0 Å². The van der Waals surface area contributed by atoms with Crippen LogP contribution in [0.25, 0.3) is 33.2 Å². The van der Waals surface area contributed by atoms with Gasteiger partial charge in [0.05, 0.1) is 5.69 Å². The fourth-order valence-electron chi connectivity index (χ4n) is 4.22. The van der Waals surface area contributed by atoms with Gasteiger partial charge >= 0.3 is 0 Å². The van der Waals surface area contributed by atoms with Gasteiger partial charge in [0, 0.05) is 34.5 Å². The molecule has 5 nitrogen and oxygen atoms in total. The molecule has 35 heavy (non-hydrogen) atoms. The van der Waals surface area contributed by atoms with Gasteiger partial charge in [-0.3, -0.25) is 0 Å². The maximum absolute atomic E-state index is 6.25. The number of para-hydroxylation sites is 2. The smallest absolute Gasteiger partial charge is 0.224 e. The first kappa shape index (κ1) is 20.9. The number of hydrogen-bond donors (Lipinski definition) is 0. The van der Waals surface area contributed by atoms with Gasteiger partial charge in [0.2, 0.25) is 17.6 Å². The first-order chi connectivity index (χ1) is 17.2. The number of furan rings is 1. The maximum atomic E-state index is 6.25. The molecule has 3 aromatic heterocycles. The molecule has 3 heterocycles. The van der Waals surface area contributed by atoms with E-state index in [0.717, 1.165) is 50.1 Å². The van der Waals surface area contributed by atoms with Gasteiger partial charge in [-0.05, 0) is 43.2 Å². The first-order valence-corrected chi connectivity index (χ1v) is 11.4. The second-order valence-corrected chi connectivity index (χ2v) is 8.38. The van der Waals surface area contributed by atoms with Crippen LogP contribution in [0, 0.1) is 13.8 Å². The number of aromatic nitrogens is 2. The van der Waals surface area contributed by atoms with E-state index in [2.05, 4.69) is 30.1 Å². The molecule has 0 radical (unpaired) electrons. The van der Waals surface area contributed by atoms with Gasteiger partial charge in [-0.2, -0.15) is 4.98 Å². The van der Waals surface area contributed by atoms with Gasteiger partial charge in [-0.1, -0.05) is 60.7 Å². The van der Waals surface area contributed by atoms with Crippen molar-refractivity contribution < 1.29 is 13.9 Å². The van der Waals surface area contributed by atoms with E-state index in [4.69, 9.17) is 18.9 Å². The summed E-state index contributed by atoms with van der Waals surface area (Å²) in [4.78, 5) is 9.28. The van der Waals surface area contributed by atoms with Gasteiger partial charge < -0.3 is 13.9 Å². The summed E-state index contributed by atoms with van der Waals surface area (Å²) in [6.07, 6.45) is 0. The van der Waals surface area contributed by atoms with E-state index in [1.54, 1.807) is 12.1 Å². The van der Waals surface area contributed by atoms with E-state index in [9.17, 15) is 0 Å². The van der Waals surface area contributed by atoms with Crippen molar-refractivity contribution in [3.63, 3.8) is 0 Å². The van der Waals surface area contributed by atoms with E-state index >= 15 is 0 Å². The van der Waals surface area contributed by atoms with E-state index in [0.29, 0.717) is 17.6 Å². The standard InChI is InChI=1S/C30H22N2O3/c1-19-9-3-5-12-24(19)33-27-15-8-16-28(32-27)35-26-14-7-11-23(31-26)29-20(2)17-18-22-21-10-4-6-13-25(21)34-30(22)29/h3-18H,1-2H3. The monoisotopic (exact) mass is 458 g/mol. The van der Waals surface area contributed by atoms with Crippen molar-refractivity contribution in [1.82, 2.24) is 9.97 Å². The zero-order chi connectivity index (χ0) is 23.8. The van der Waals surface area contributed by atoms with Crippen LogP contribution in [-0.4, -0.2) is 9.97 Å². The van der Waals surface area contributed by atoms with Gasteiger partial charge in [-0.25, -0.2) is 4.98 Å². The van der Waals surface area contributed by atoms with Crippen molar-refractivity contribution in [2.75, 3.05) is 0 Å². The summed E-state index contributed by atoms with van der Waals surface area (Å²) in [5.74, 6) is 2.05. The fraction of sp³-hybridized carbons (Fsp3) is 0.0667. The Morgan fingerprint density at radius 2 is 1.29 bits per heavy atom. The number of rotatable bonds is 5. The average Bonchev–Trinajstić information content (AvgIpc) is 3.24. The molecule has 5 heteroatoms. The molecule has 6 aromatic rings. The highest BCUT2D eigenvalue weighted by Gasteiger charge is 2.16. The molecule has 0 atom stereocenters. The van der Waals surface area contributed by atoms with Crippen LogP contribution in [0.2, 0.25) is 0 Å². The van der Waals surface area contributed by atoms with Crippen LogP contribution >= 0.6 is 0 Å². The molecule has 0 N–H and O–H groups in total. The molecule has 0 fully saturated rings. The lowest BCUT2D eigenvalue weighted by Gasteiger charge is -2.10. The minimum absolute atomic E-state index is 0.402. The summed E-state index contributed by atoms with van der Waals surface area (Å²) in [7, 11) is 0. The van der Waals surface area contributed by atoms with Crippen LogP contribution in [0.5, 0.6) is 23.4 Å². The number of fused-ring (bicyclic) bond motifs is 3. The van der Waals surface area contributed by atoms with Crippen LogP contribution in [-0.2, 0) is 0 Å². The van der Waals surface area contributed by atoms with Gasteiger partial charge in [0.25, 0.3) is 0 Å². The Labute approximate surface area is 202 Å². The molecule has 0 aliphatic carbocycles. The molecule has 0 aliphatic rings. The molecule has 0 amide bonds. The van der Waals surface area contributed by atoms with Gasteiger partial charge in [-0.15, -0.1) is 0 Å². The van der Waals surface area contributed by atoms with Crippen molar-refractivity contribution in [2.24, 2.45) is 0 Å². The third-order valence-corrected chi connectivity index (χ3v) is 5.95. The Morgan fingerprint density at radius 1 is 0.571 bits per heavy atom. The number of pyridine rings is 2. The van der Waals surface area contributed by atoms with Crippen LogP contribution in [0.15, 0.2) is 101 Å². The normalized spacial score (nSPS) is 11.1. The predicted octanol–water partition coefficient (Wildman–Crippen LogP) is 8.24. The molecule has 3 aromatic carbocycles. The zero-order valence-corrected chi connectivity index (χ0v) is 19.4. The quantitative estimate of drug-likeness (QED) is 0.260. The third kappa shape index (κ3) is 3.97. The molecular formula is C30H22N2O3. The molecular weight excluding hydrogens is 436 g/mol. The molecule has 170 valence electrons. The highest BCUT2D eigenvalue weighted by Crippen LogP contribution is 2.37. The Bertz CT molecular complexity index is 1690. The number of benzene rings is 3. The molecule has 0 aliphatic heterocycles. The topological polar surface area (TPSA) is 57.4 Å². The largest absolute Gasteiger partial charge is 0.455 e. The number of ether oxygens (including phenoxy) is 2. The molecule has 0 saturated carbocycles. The van der Waals surface area contributed by atoms with Crippen molar-refractivity contribution in [1.29, 1.82) is 0 Å². The van der Waals surface area contributed by atoms with Crippen molar-refractivity contribution in [3.05, 3.63) is 108 Å². The summed E-state index contributed by atoms with van der Waals surface area (Å²) in [5, 5.41) is 2.16. The van der Waals surface area contributed by atoms with Gasteiger partial charge in [0.1, 0.15) is 16.9 Å². The average molecular weight is 459 g/mol. The molecule has 6 rings (SSSR count). The molecule has 0 saturated heterocycles. The number of hydrogen-bond acceptors (Lipinski definition) is 5. The fourth-order valence-corrected chi connectivity index (χ4v) is 4.22. The van der Waals surface area contributed by atoms with E-state index < -0.39 is 0 Å². The van der Waals surface area contributed by atoms with Crippen LogP contribution in [0.1, 0.15) is 11.1 Å². The summed E-state index contributed by atoms with van der Waals surface area (Å²) < 4.78 is 18.2. The lowest BCUT2D eigenvalue weighted by molar-refractivity contribution is 0.416. The Kier molecular flexibility index (Phi) is 5.15. The van der Waals surface area contributed by atoms with Crippen LogP contribution in [0.4, 0.5) is 0 Å². The minimum Gasteiger partial charge on any atom is -0.455 e.